The number of thiocarbonyl (C=S) groups is 1. The molecule has 0 radical (unpaired) electrons. The van der Waals surface area contributed by atoms with Crippen molar-refractivity contribution in [3.05, 3.63) is 30.1 Å². The van der Waals surface area contributed by atoms with Crippen molar-refractivity contribution in [2.24, 2.45) is 0 Å². The van der Waals surface area contributed by atoms with Crippen LogP contribution in [0.5, 0.6) is 0 Å². The summed E-state index contributed by atoms with van der Waals surface area (Å²) < 4.78 is 2.26. The number of benzene rings is 1. The normalized spacial score (nSPS) is 14.0. The lowest BCUT2D eigenvalue weighted by Crippen LogP contribution is -2.27. The summed E-state index contributed by atoms with van der Waals surface area (Å²) in [6.45, 7) is 3.84. The summed E-state index contributed by atoms with van der Waals surface area (Å²) in [5.74, 6) is 2.06. The third-order valence-electron chi connectivity index (χ3n) is 3.83. The van der Waals surface area contributed by atoms with Gasteiger partial charge >= 0.3 is 0 Å². The van der Waals surface area contributed by atoms with Gasteiger partial charge in [0.2, 0.25) is 0 Å². The minimum Gasteiger partial charge on any atom is -0.363 e. The Morgan fingerprint density at radius 2 is 2.18 bits per heavy atom. The van der Waals surface area contributed by atoms with E-state index in [-0.39, 0.29) is 0 Å². The highest BCUT2D eigenvalue weighted by molar-refractivity contribution is 7.80. The zero-order valence-electron chi connectivity index (χ0n) is 12.8. The van der Waals surface area contributed by atoms with Gasteiger partial charge in [-0.15, -0.1) is 10.2 Å². The molecule has 0 saturated heterocycles. The smallest absolute Gasteiger partial charge is 0.170 e. The van der Waals surface area contributed by atoms with E-state index >= 15 is 0 Å². The van der Waals surface area contributed by atoms with Gasteiger partial charge in [-0.2, -0.15) is 0 Å². The number of nitrogens with one attached hydrogen (secondary N) is 2. The molecule has 2 aromatic rings. The van der Waals surface area contributed by atoms with Crippen LogP contribution in [0.15, 0.2) is 24.3 Å². The third kappa shape index (κ3) is 3.27. The maximum atomic E-state index is 5.24. The van der Waals surface area contributed by atoms with Crippen LogP contribution in [-0.4, -0.2) is 26.4 Å². The summed E-state index contributed by atoms with van der Waals surface area (Å²) in [5, 5.41) is 15.7. The predicted octanol–water partition coefficient (Wildman–Crippen LogP) is 2.98. The van der Waals surface area contributed by atoms with Crippen molar-refractivity contribution in [3.63, 3.8) is 0 Å². The van der Waals surface area contributed by atoms with Crippen LogP contribution in [0.25, 0.3) is 11.4 Å². The van der Waals surface area contributed by atoms with Gasteiger partial charge in [0.05, 0.1) is 0 Å². The van der Waals surface area contributed by atoms with Gasteiger partial charge in [0.1, 0.15) is 5.82 Å². The van der Waals surface area contributed by atoms with Crippen LogP contribution >= 0.6 is 12.2 Å². The van der Waals surface area contributed by atoms with Gasteiger partial charge in [-0.25, -0.2) is 0 Å². The van der Waals surface area contributed by atoms with Gasteiger partial charge in [-0.3, -0.25) is 0 Å². The fourth-order valence-corrected chi connectivity index (χ4v) is 3.03. The van der Waals surface area contributed by atoms with Crippen molar-refractivity contribution in [1.82, 2.24) is 20.1 Å². The standard InChI is InChI=1S/C16H21N5S/c1-2-17-16(22)18-13-8-6-7-12(11-13)15-20-19-14-9-4-3-5-10-21(14)15/h6-8,11H,2-5,9-10H2,1H3,(H2,17,18,22). The van der Waals surface area contributed by atoms with E-state index in [0.717, 1.165) is 42.4 Å². The number of fused-ring (bicyclic) bond motifs is 1. The maximum absolute atomic E-state index is 5.24. The van der Waals surface area contributed by atoms with E-state index in [0.29, 0.717) is 5.11 Å². The molecule has 6 heteroatoms. The zero-order chi connectivity index (χ0) is 15.4. The quantitative estimate of drug-likeness (QED) is 0.853. The highest BCUT2D eigenvalue weighted by Crippen LogP contribution is 2.24. The van der Waals surface area contributed by atoms with Gasteiger partial charge < -0.3 is 15.2 Å². The van der Waals surface area contributed by atoms with E-state index in [1.807, 2.05) is 19.1 Å². The van der Waals surface area contributed by atoms with Gasteiger partial charge in [0.15, 0.2) is 10.9 Å². The van der Waals surface area contributed by atoms with Crippen molar-refractivity contribution < 1.29 is 0 Å². The summed E-state index contributed by atoms with van der Waals surface area (Å²) in [6.07, 6.45) is 4.69. The van der Waals surface area contributed by atoms with Crippen molar-refractivity contribution in [1.29, 1.82) is 0 Å². The van der Waals surface area contributed by atoms with Crippen molar-refractivity contribution >= 4 is 23.0 Å². The summed E-state index contributed by atoms with van der Waals surface area (Å²) in [6, 6.07) is 8.17. The maximum Gasteiger partial charge on any atom is 0.170 e. The third-order valence-corrected chi connectivity index (χ3v) is 4.07. The van der Waals surface area contributed by atoms with Crippen molar-refractivity contribution in [3.8, 4) is 11.4 Å². The van der Waals surface area contributed by atoms with E-state index < -0.39 is 0 Å². The van der Waals surface area contributed by atoms with Crippen LogP contribution in [0.1, 0.15) is 32.0 Å². The summed E-state index contributed by atoms with van der Waals surface area (Å²) >= 11 is 5.24. The Morgan fingerprint density at radius 1 is 1.27 bits per heavy atom. The molecule has 3 rings (SSSR count). The molecule has 116 valence electrons. The molecule has 5 nitrogen and oxygen atoms in total. The first kappa shape index (κ1) is 15.0. The molecule has 0 fully saturated rings. The molecule has 0 aliphatic carbocycles. The fourth-order valence-electron chi connectivity index (χ4n) is 2.77. The second kappa shape index (κ2) is 6.87. The molecule has 1 aliphatic rings. The van der Waals surface area contributed by atoms with E-state index in [9.17, 15) is 0 Å². The average molecular weight is 315 g/mol. The van der Waals surface area contributed by atoms with Crippen LogP contribution in [-0.2, 0) is 13.0 Å². The van der Waals surface area contributed by atoms with Gasteiger partial charge in [-0.1, -0.05) is 18.6 Å². The number of hydrogen-bond donors (Lipinski definition) is 2. The van der Waals surface area contributed by atoms with E-state index in [2.05, 4.69) is 37.5 Å². The fraction of sp³-hybridized carbons (Fsp3) is 0.438. The highest BCUT2D eigenvalue weighted by Gasteiger charge is 2.16. The Labute approximate surface area is 136 Å². The Hall–Kier alpha value is -1.95. The molecule has 2 N–H and O–H groups in total. The van der Waals surface area contributed by atoms with Crippen molar-refractivity contribution in [2.75, 3.05) is 11.9 Å². The zero-order valence-corrected chi connectivity index (χ0v) is 13.6. The molecular weight excluding hydrogens is 294 g/mol. The number of hydrogen-bond acceptors (Lipinski definition) is 3. The first-order chi connectivity index (χ1) is 10.8. The van der Waals surface area contributed by atoms with Gasteiger partial charge in [-0.05, 0) is 44.1 Å². The highest BCUT2D eigenvalue weighted by atomic mass is 32.1. The second-order valence-electron chi connectivity index (χ2n) is 5.47. The topological polar surface area (TPSA) is 54.8 Å². The van der Waals surface area contributed by atoms with Crippen LogP contribution < -0.4 is 10.6 Å². The Morgan fingerprint density at radius 3 is 3.05 bits per heavy atom. The molecule has 0 atom stereocenters. The van der Waals surface area contributed by atoms with Crippen LogP contribution in [0, 0.1) is 0 Å². The van der Waals surface area contributed by atoms with E-state index in [1.165, 1.54) is 19.3 Å². The van der Waals surface area contributed by atoms with Gasteiger partial charge in [0.25, 0.3) is 0 Å². The molecule has 1 aromatic heterocycles. The monoisotopic (exact) mass is 315 g/mol. The molecule has 1 aromatic carbocycles. The number of nitrogens with zero attached hydrogens (tertiary/aromatic N) is 3. The Balaban J connectivity index is 1.86. The second-order valence-corrected chi connectivity index (χ2v) is 5.88. The Kier molecular flexibility index (Phi) is 4.68. The minimum atomic E-state index is 0.639. The molecular formula is C16H21N5S. The van der Waals surface area contributed by atoms with Crippen LogP contribution in [0.2, 0.25) is 0 Å². The SMILES string of the molecule is CCNC(=S)Nc1cccc(-c2nnc3n2CCCCC3)c1. The van der Waals surface area contributed by atoms with E-state index in [1.54, 1.807) is 0 Å². The average Bonchev–Trinajstić information content (AvgIpc) is 2.76. The summed E-state index contributed by atoms with van der Waals surface area (Å²) in [7, 11) is 0. The lowest BCUT2D eigenvalue weighted by Gasteiger charge is -2.11. The molecule has 0 amide bonds. The lowest BCUT2D eigenvalue weighted by molar-refractivity contribution is 0.636. The number of aromatic nitrogens is 3. The molecule has 2 heterocycles. The van der Waals surface area contributed by atoms with Crippen molar-refractivity contribution in [2.45, 2.75) is 39.2 Å². The molecule has 0 bridgehead atoms. The van der Waals surface area contributed by atoms with Crippen LogP contribution in [0.3, 0.4) is 0 Å². The molecule has 0 spiro atoms. The molecule has 1 aliphatic heterocycles. The van der Waals surface area contributed by atoms with Gasteiger partial charge in [0, 0.05) is 30.8 Å². The first-order valence-corrected chi connectivity index (χ1v) is 8.26. The number of aryl methyl sites for hydroxylation is 1. The lowest BCUT2D eigenvalue weighted by atomic mass is 10.2. The first-order valence-electron chi connectivity index (χ1n) is 7.85. The minimum absolute atomic E-state index is 0.639. The summed E-state index contributed by atoms with van der Waals surface area (Å²) in [4.78, 5) is 0. The molecule has 22 heavy (non-hydrogen) atoms. The van der Waals surface area contributed by atoms with E-state index in [4.69, 9.17) is 12.2 Å². The number of rotatable bonds is 3. The predicted molar refractivity (Wildman–Crippen MR) is 92.9 cm³/mol. The largest absolute Gasteiger partial charge is 0.363 e. The summed E-state index contributed by atoms with van der Waals surface area (Å²) in [5.41, 5.74) is 2.04. The molecule has 0 saturated carbocycles. The molecule has 0 unspecified atom stereocenters. The number of anilines is 1. The van der Waals surface area contributed by atoms with Crippen LogP contribution in [0.4, 0.5) is 5.69 Å². The Bertz CT molecular complexity index is 664.